The van der Waals surface area contributed by atoms with E-state index in [4.69, 9.17) is 0 Å². The summed E-state index contributed by atoms with van der Waals surface area (Å²) in [5.74, 6) is 0.878. The van der Waals surface area contributed by atoms with E-state index in [1.807, 2.05) is 36.6 Å². The van der Waals surface area contributed by atoms with Crippen LogP contribution in [-0.2, 0) is 4.79 Å². The normalized spacial score (nSPS) is 20.6. The maximum Gasteiger partial charge on any atom is 0.238 e. The van der Waals surface area contributed by atoms with E-state index < -0.39 is 0 Å². The molecule has 3 rings (SSSR count). The Balaban J connectivity index is 1.57. The highest BCUT2D eigenvalue weighted by molar-refractivity contribution is 7.09. The standard InChI is InChI=1S/C20H27N3OS/c1-14-7-9-18(10-8-14)23(3)12-20(24)22-17-6-4-5-16(11-17)19-13-25-15(2)21-19/h4-6,11,13-14,18H,7-10,12H2,1-3H3,(H,22,24). The predicted molar refractivity (Wildman–Crippen MR) is 105 cm³/mol. The first-order valence-corrected chi connectivity index (χ1v) is 9.92. The Morgan fingerprint density at radius 2 is 2.08 bits per heavy atom. The van der Waals surface area contributed by atoms with Crippen LogP contribution in [0.4, 0.5) is 5.69 Å². The van der Waals surface area contributed by atoms with Gasteiger partial charge in [-0.25, -0.2) is 4.98 Å². The Hall–Kier alpha value is -1.72. The van der Waals surface area contributed by atoms with Crippen molar-refractivity contribution in [2.75, 3.05) is 18.9 Å². The van der Waals surface area contributed by atoms with E-state index in [0.717, 1.165) is 27.9 Å². The minimum atomic E-state index is 0.0488. The highest BCUT2D eigenvalue weighted by atomic mass is 32.1. The Bertz CT molecular complexity index is 719. The third-order valence-corrected chi connectivity index (χ3v) is 5.84. The van der Waals surface area contributed by atoms with Gasteiger partial charge in [0, 0.05) is 22.7 Å². The molecule has 5 heteroatoms. The lowest BCUT2D eigenvalue weighted by molar-refractivity contribution is -0.117. The number of thiazole rings is 1. The van der Waals surface area contributed by atoms with Gasteiger partial charge in [0.1, 0.15) is 0 Å². The summed E-state index contributed by atoms with van der Waals surface area (Å²) in [6.45, 7) is 4.76. The number of rotatable bonds is 5. The molecule has 0 saturated heterocycles. The van der Waals surface area contributed by atoms with Gasteiger partial charge in [-0.05, 0) is 57.7 Å². The topological polar surface area (TPSA) is 45.2 Å². The van der Waals surface area contributed by atoms with Crippen LogP contribution in [-0.4, -0.2) is 35.4 Å². The molecule has 2 aromatic rings. The van der Waals surface area contributed by atoms with Crippen molar-refractivity contribution in [1.82, 2.24) is 9.88 Å². The largest absolute Gasteiger partial charge is 0.325 e. The molecule has 1 aromatic carbocycles. The summed E-state index contributed by atoms with van der Waals surface area (Å²) in [6.07, 6.45) is 4.94. The third kappa shape index (κ3) is 4.89. The molecule has 1 saturated carbocycles. The van der Waals surface area contributed by atoms with Gasteiger partial charge in [0.2, 0.25) is 5.91 Å². The van der Waals surface area contributed by atoms with Gasteiger partial charge >= 0.3 is 0 Å². The molecule has 0 atom stereocenters. The Labute approximate surface area is 154 Å². The fraction of sp³-hybridized carbons (Fsp3) is 0.500. The highest BCUT2D eigenvalue weighted by Crippen LogP contribution is 2.27. The number of carbonyl (C=O) groups excluding carboxylic acids is 1. The van der Waals surface area contributed by atoms with Gasteiger partial charge in [0.15, 0.2) is 0 Å². The number of aryl methyl sites for hydroxylation is 1. The summed E-state index contributed by atoms with van der Waals surface area (Å²) < 4.78 is 0. The van der Waals surface area contributed by atoms with Crippen molar-refractivity contribution in [1.29, 1.82) is 0 Å². The molecule has 1 aliphatic rings. The monoisotopic (exact) mass is 357 g/mol. The summed E-state index contributed by atoms with van der Waals surface area (Å²) in [5, 5.41) is 6.13. The van der Waals surface area contributed by atoms with E-state index in [0.29, 0.717) is 12.6 Å². The predicted octanol–water partition coefficient (Wildman–Crippen LogP) is 4.57. The number of aromatic nitrogens is 1. The molecular weight excluding hydrogens is 330 g/mol. The Morgan fingerprint density at radius 1 is 1.32 bits per heavy atom. The first-order chi connectivity index (χ1) is 12.0. The number of benzene rings is 1. The number of hydrogen-bond donors (Lipinski definition) is 1. The van der Waals surface area contributed by atoms with Crippen molar-refractivity contribution in [2.45, 2.75) is 45.6 Å². The molecule has 1 aliphatic carbocycles. The molecule has 0 unspecified atom stereocenters. The maximum atomic E-state index is 12.4. The average Bonchev–Trinajstić information content (AvgIpc) is 3.02. The van der Waals surface area contributed by atoms with Crippen molar-refractivity contribution < 1.29 is 4.79 Å². The minimum absolute atomic E-state index is 0.0488. The number of likely N-dealkylation sites (N-methyl/N-ethyl adjacent to an activating group) is 1. The fourth-order valence-corrected chi connectivity index (χ4v) is 4.11. The molecule has 1 fully saturated rings. The second-order valence-electron chi connectivity index (χ2n) is 7.21. The molecule has 134 valence electrons. The molecule has 25 heavy (non-hydrogen) atoms. The number of amides is 1. The van der Waals surface area contributed by atoms with Crippen LogP contribution < -0.4 is 5.32 Å². The number of anilines is 1. The summed E-state index contributed by atoms with van der Waals surface area (Å²) in [5.41, 5.74) is 2.84. The number of nitrogens with one attached hydrogen (secondary N) is 1. The fourth-order valence-electron chi connectivity index (χ4n) is 3.49. The summed E-state index contributed by atoms with van der Waals surface area (Å²) in [6, 6.07) is 8.45. The Morgan fingerprint density at radius 3 is 2.76 bits per heavy atom. The molecule has 1 amide bonds. The van der Waals surface area contributed by atoms with Gasteiger partial charge in [0.05, 0.1) is 17.2 Å². The number of nitrogens with zero attached hydrogens (tertiary/aromatic N) is 2. The summed E-state index contributed by atoms with van der Waals surface area (Å²) in [4.78, 5) is 19.1. The molecule has 1 N–H and O–H groups in total. The second-order valence-corrected chi connectivity index (χ2v) is 8.27. The SMILES string of the molecule is Cc1nc(-c2cccc(NC(=O)CN(C)C3CCC(C)CC3)c2)cs1. The quantitative estimate of drug-likeness (QED) is 0.853. The van der Waals surface area contributed by atoms with Crippen molar-refractivity contribution in [2.24, 2.45) is 5.92 Å². The lowest BCUT2D eigenvalue weighted by atomic mass is 9.87. The van der Waals surface area contributed by atoms with Gasteiger partial charge in [0.25, 0.3) is 0 Å². The van der Waals surface area contributed by atoms with Crippen LogP contribution in [0.1, 0.15) is 37.6 Å². The molecule has 0 radical (unpaired) electrons. The van der Waals surface area contributed by atoms with E-state index in [-0.39, 0.29) is 5.91 Å². The van der Waals surface area contributed by atoms with Crippen molar-refractivity contribution >= 4 is 22.9 Å². The van der Waals surface area contributed by atoms with Crippen LogP contribution in [0, 0.1) is 12.8 Å². The highest BCUT2D eigenvalue weighted by Gasteiger charge is 2.22. The number of carbonyl (C=O) groups is 1. The Kier molecular flexibility index (Phi) is 5.86. The molecule has 1 heterocycles. The van der Waals surface area contributed by atoms with Crippen molar-refractivity contribution in [3.63, 3.8) is 0 Å². The van der Waals surface area contributed by atoms with Crippen LogP contribution in [0.25, 0.3) is 11.3 Å². The van der Waals surface area contributed by atoms with E-state index in [1.165, 1.54) is 25.7 Å². The van der Waals surface area contributed by atoms with Gasteiger partial charge in [-0.2, -0.15) is 0 Å². The molecule has 1 aromatic heterocycles. The maximum absolute atomic E-state index is 12.4. The third-order valence-electron chi connectivity index (χ3n) is 5.06. The van der Waals surface area contributed by atoms with E-state index >= 15 is 0 Å². The van der Waals surface area contributed by atoms with Crippen LogP contribution >= 0.6 is 11.3 Å². The van der Waals surface area contributed by atoms with Gasteiger partial charge < -0.3 is 5.32 Å². The van der Waals surface area contributed by atoms with E-state index in [1.54, 1.807) is 11.3 Å². The second kappa shape index (κ2) is 8.11. The summed E-state index contributed by atoms with van der Waals surface area (Å²) >= 11 is 1.64. The van der Waals surface area contributed by atoms with Crippen LogP contribution in [0.15, 0.2) is 29.6 Å². The summed E-state index contributed by atoms with van der Waals surface area (Å²) in [7, 11) is 2.06. The van der Waals surface area contributed by atoms with Crippen LogP contribution in [0.5, 0.6) is 0 Å². The molecular formula is C20H27N3OS. The van der Waals surface area contributed by atoms with Gasteiger partial charge in [-0.1, -0.05) is 19.1 Å². The van der Waals surface area contributed by atoms with E-state index in [9.17, 15) is 4.79 Å². The molecule has 0 aliphatic heterocycles. The minimum Gasteiger partial charge on any atom is -0.325 e. The molecule has 0 bridgehead atoms. The molecule has 4 nitrogen and oxygen atoms in total. The van der Waals surface area contributed by atoms with Crippen molar-refractivity contribution in [3.05, 3.63) is 34.7 Å². The average molecular weight is 358 g/mol. The van der Waals surface area contributed by atoms with Crippen LogP contribution in [0.3, 0.4) is 0 Å². The lowest BCUT2D eigenvalue weighted by Crippen LogP contribution is -2.39. The zero-order chi connectivity index (χ0) is 17.8. The van der Waals surface area contributed by atoms with E-state index in [2.05, 4.69) is 29.2 Å². The van der Waals surface area contributed by atoms with Gasteiger partial charge in [-0.15, -0.1) is 11.3 Å². The van der Waals surface area contributed by atoms with Crippen LogP contribution in [0.2, 0.25) is 0 Å². The first kappa shape index (κ1) is 18.1. The number of hydrogen-bond acceptors (Lipinski definition) is 4. The lowest BCUT2D eigenvalue weighted by Gasteiger charge is -2.33. The first-order valence-electron chi connectivity index (χ1n) is 9.04. The van der Waals surface area contributed by atoms with Gasteiger partial charge in [-0.3, -0.25) is 9.69 Å². The molecule has 0 spiro atoms. The van der Waals surface area contributed by atoms with Crippen molar-refractivity contribution in [3.8, 4) is 11.3 Å². The zero-order valence-electron chi connectivity index (χ0n) is 15.3. The zero-order valence-corrected chi connectivity index (χ0v) is 16.1. The smallest absolute Gasteiger partial charge is 0.238 e.